The molecule has 3 nitrogen and oxygen atoms in total. The number of hydrogen-bond donors (Lipinski definition) is 1. The highest BCUT2D eigenvalue weighted by atomic mass is 16.5. The molecule has 0 aliphatic heterocycles. The van der Waals surface area contributed by atoms with Gasteiger partial charge in [0.25, 0.3) is 0 Å². The van der Waals surface area contributed by atoms with Gasteiger partial charge in [-0.3, -0.25) is 4.79 Å². The van der Waals surface area contributed by atoms with Gasteiger partial charge in [-0.1, -0.05) is 36.4 Å². The summed E-state index contributed by atoms with van der Waals surface area (Å²) < 4.78 is 5.87. The zero-order chi connectivity index (χ0) is 13.9. The van der Waals surface area contributed by atoms with Gasteiger partial charge in [0, 0.05) is 10.9 Å². The topological polar surface area (TPSA) is 52.3 Å². The minimum atomic E-state index is -0.443. The Morgan fingerprint density at radius 2 is 1.55 bits per heavy atom. The van der Waals surface area contributed by atoms with Crippen molar-refractivity contribution in [2.24, 2.45) is 5.73 Å². The number of benzene rings is 3. The smallest absolute Gasteiger partial charge is 0.248 e. The van der Waals surface area contributed by atoms with Gasteiger partial charge >= 0.3 is 0 Å². The molecule has 0 fully saturated rings. The van der Waals surface area contributed by atoms with E-state index in [-0.39, 0.29) is 0 Å². The van der Waals surface area contributed by atoms with Crippen LogP contribution in [-0.4, -0.2) is 5.91 Å². The number of primary amides is 1. The molecular formula is C17H13NO2. The highest BCUT2D eigenvalue weighted by molar-refractivity contribution is 5.93. The van der Waals surface area contributed by atoms with E-state index in [0.29, 0.717) is 11.3 Å². The van der Waals surface area contributed by atoms with Crippen molar-refractivity contribution in [3.8, 4) is 11.5 Å². The highest BCUT2D eigenvalue weighted by Crippen LogP contribution is 2.29. The third-order valence-corrected chi connectivity index (χ3v) is 3.12. The molecule has 0 bridgehead atoms. The molecule has 0 aliphatic rings. The Balaban J connectivity index is 1.95. The summed E-state index contributed by atoms with van der Waals surface area (Å²) in [5, 5.41) is 2.17. The van der Waals surface area contributed by atoms with Crippen molar-refractivity contribution in [1.82, 2.24) is 0 Å². The molecule has 0 heterocycles. The summed E-state index contributed by atoms with van der Waals surface area (Å²) in [5.74, 6) is 1.02. The predicted octanol–water partition coefficient (Wildman–Crippen LogP) is 3.73. The number of rotatable bonds is 3. The number of nitrogens with two attached hydrogens (primary N) is 1. The van der Waals surface area contributed by atoms with Gasteiger partial charge in [-0.05, 0) is 35.7 Å². The van der Waals surface area contributed by atoms with Crippen molar-refractivity contribution < 1.29 is 9.53 Å². The number of carbonyl (C=O) groups excluding carboxylic acids is 1. The molecule has 0 unspecified atom stereocenters. The summed E-state index contributed by atoms with van der Waals surface area (Å²) in [6.45, 7) is 0. The first-order valence-electron chi connectivity index (χ1n) is 6.29. The van der Waals surface area contributed by atoms with Crippen LogP contribution in [-0.2, 0) is 0 Å². The van der Waals surface area contributed by atoms with Crippen LogP contribution < -0.4 is 10.5 Å². The monoisotopic (exact) mass is 263 g/mol. The predicted molar refractivity (Wildman–Crippen MR) is 79.0 cm³/mol. The Morgan fingerprint density at radius 3 is 2.30 bits per heavy atom. The summed E-state index contributed by atoms with van der Waals surface area (Å²) in [7, 11) is 0. The van der Waals surface area contributed by atoms with Crippen LogP contribution in [0.5, 0.6) is 11.5 Å². The van der Waals surface area contributed by atoms with E-state index in [1.165, 1.54) is 0 Å². The molecule has 2 N–H and O–H groups in total. The molecule has 0 radical (unpaired) electrons. The number of hydrogen-bond acceptors (Lipinski definition) is 2. The van der Waals surface area contributed by atoms with Crippen molar-refractivity contribution in [1.29, 1.82) is 0 Å². The summed E-state index contributed by atoms with van der Waals surface area (Å²) in [6.07, 6.45) is 0. The molecule has 98 valence electrons. The maximum atomic E-state index is 11.0. The molecule has 3 heteroatoms. The summed E-state index contributed by atoms with van der Waals surface area (Å²) >= 11 is 0. The van der Waals surface area contributed by atoms with Crippen LogP contribution in [0.15, 0.2) is 66.7 Å². The fourth-order valence-electron chi connectivity index (χ4n) is 2.10. The zero-order valence-electron chi connectivity index (χ0n) is 10.7. The van der Waals surface area contributed by atoms with Gasteiger partial charge in [0.15, 0.2) is 0 Å². The molecule has 0 saturated heterocycles. The second-order valence-electron chi connectivity index (χ2n) is 4.47. The molecule has 3 aromatic rings. The Kier molecular flexibility index (Phi) is 3.09. The SMILES string of the molecule is NC(=O)c1ccc(Oc2cccc3ccccc23)cc1. The third kappa shape index (κ3) is 2.34. The molecule has 0 saturated carbocycles. The van der Waals surface area contributed by atoms with Crippen LogP contribution >= 0.6 is 0 Å². The molecule has 20 heavy (non-hydrogen) atoms. The second-order valence-corrected chi connectivity index (χ2v) is 4.47. The molecule has 3 aromatic carbocycles. The van der Waals surface area contributed by atoms with Crippen LogP contribution in [0.1, 0.15) is 10.4 Å². The number of ether oxygens (including phenoxy) is 1. The molecule has 3 rings (SSSR count). The quantitative estimate of drug-likeness (QED) is 0.782. The van der Waals surface area contributed by atoms with Gasteiger partial charge in [0.1, 0.15) is 11.5 Å². The summed E-state index contributed by atoms with van der Waals surface area (Å²) in [5.41, 5.74) is 5.68. The zero-order valence-corrected chi connectivity index (χ0v) is 10.7. The number of amides is 1. The maximum absolute atomic E-state index is 11.0. The first-order chi connectivity index (χ1) is 9.74. The van der Waals surface area contributed by atoms with Crippen LogP contribution in [0.25, 0.3) is 10.8 Å². The van der Waals surface area contributed by atoms with Gasteiger partial charge in [0.2, 0.25) is 5.91 Å². The molecule has 1 amide bonds. The van der Waals surface area contributed by atoms with Crippen molar-refractivity contribution in [2.45, 2.75) is 0 Å². The van der Waals surface area contributed by atoms with E-state index in [2.05, 4.69) is 0 Å². The van der Waals surface area contributed by atoms with E-state index >= 15 is 0 Å². The lowest BCUT2D eigenvalue weighted by Gasteiger charge is -2.09. The van der Waals surface area contributed by atoms with Gasteiger partial charge < -0.3 is 10.5 Å². The maximum Gasteiger partial charge on any atom is 0.248 e. The normalized spacial score (nSPS) is 10.4. The Bertz CT molecular complexity index is 758. The standard InChI is InChI=1S/C17H13NO2/c18-17(19)13-8-10-14(11-9-13)20-16-7-3-5-12-4-1-2-6-15(12)16/h1-11H,(H2,18,19). The van der Waals surface area contributed by atoms with Crippen LogP contribution in [0, 0.1) is 0 Å². The van der Waals surface area contributed by atoms with E-state index in [1.807, 2.05) is 42.5 Å². The van der Waals surface area contributed by atoms with Gasteiger partial charge in [-0.15, -0.1) is 0 Å². The molecule has 0 spiro atoms. The Hall–Kier alpha value is -2.81. The number of fused-ring (bicyclic) bond motifs is 1. The van der Waals surface area contributed by atoms with Crippen molar-refractivity contribution >= 4 is 16.7 Å². The summed E-state index contributed by atoms with van der Waals surface area (Å²) in [6, 6.07) is 20.7. The van der Waals surface area contributed by atoms with Gasteiger partial charge in [-0.2, -0.15) is 0 Å². The minimum absolute atomic E-state index is 0.443. The first-order valence-corrected chi connectivity index (χ1v) is 6.29. The third-order valence-electron chi connectivity index (χ3n) is 3.12. The second kappa shape index (κ2) is 5.05. The largest absolute Gasteiger partial charge is 0.457 e. The average Bonchev–Trinajstić information content (AvgIpc) is 2.48. The first kappa shape index (κ1) is 12.2. The van der Waals surface area contributed by atoms with E-state index in [9.17, 15) is 4.79 Å². The fourth-order valence-corrected chi connectivity index (χ4v) is 2.10. The Labute approximate surface area is 116 Å². The highest BCUT2D eigenvalue weighted by Gasteiger charge is 2.04. The fraction of sp³-hybridized carbons (Fsp3) is 0. The van der Waals surface area contributed by atoms with Gasteiger partial charge in [0.05, 0.1) is 0 Å². The van der Waals surface area contributed by atoms with E-state index in [4.69, 9.17) is 10.5 Å². The van der Waals surface area contributed by atoms with Crippen LogP contribution in [0.4, 0.5) is 0 Å². The molecule has 0 aliphatic carbocycles. The summed E-state index contributed by atoms with van der Waals surface area (Å²) in [4.78, 5) is 11.0. The van der Waals surface area contributed by atoms with Crippen LogP contribution in [0.2, 0.25) is 0 Å². The van der Waals surface area contributed by atoms with Crippen molar-refractivity contribution in [3.05, 3.63) is 72.3 Å². The lowest BCUT2D eigenvalue weighted by atomic mass is 10.1. The van der Waals surface area contributed by atoms with E-state index in [1.54, 1.807) is 24.3 Å². The number of carbonyl (C=O) groups is 1. The Morgan fingerprint density at radius 1 is 0.850 bits per heavy atom. The lowest BCUT2D eigenvalue weighted by molar-refractivity contribution is 0.100. The minimum Gasteiger partial charge on any atom is -0.457 e. The molecule has 0 aromatic heterocycles. The van der Waals surface area contributed by atoms with Crippen molar-refractivity contribution in [2.75, 3.05) is 0 Å². The molecule has 0 atom stereocenters. The molecular weight excluding hydrogens is 250 g/mol. The van der Waals surface area contributed by atoms with Crippen LogP contribution in [0.3, 0.4) is 0 Å². The van der Waals surface area contributed by atoms with Crippen molar-refractivity contribution in [3.63, 3.8) is 0 Å². The van der Waals surface area contributed by atoms with E-state index < -0.39 is 5.91 Å². The van der Waals surface area contributed by atoms with E-state index in [0.717, 1.165) is 16.5 Å². The average molecular weight is 263 g/mol. The lowest BCUT2D eigenvalue weighted by Crippen LogP contribution is -2.10. The van der Waals surface area contributed by atoms with Gasteiger partial charge in [-0.25, -0.2) is 0 Å².